The number of carboxylic acids is 2. The molecule has 5 amide bonds. The summed E-state index contributed by atoms with van der Waals surface area (Å²) in [5.41, 5.74) is 0.868. The summed E-state index contributed by atoms with van der Waals surface area (Å²) in [6.45, 7) is 18.5. The Labute approximate surface area is 653 Å². The zero-order valence-electron chi connectivity index (χ0n) is 65.4. The topological polar surface area (TPSA) is 553 Å². The van der Waals surface area contributed by atoms with Crippen LogP contribution in [-0.4, -0.2) is 236 Å². The molecule has 0 saturated carbocycles. The van der Waals surface area contributed by atoms with Gasteiger partial charge in [0.25, 0.3) is 20.2 Å². The number of hydrogen-bond acceptors (Lipinski definition) is 27. The zero-order chi connectivity index (χ0) is 84.6. The lowest BCUT2D eigenvalue weighted by atomic mass is 9.97. The summed E-state index contributed by atoms with van der Waals surface area (Å²) in [4.78, 5) is 136. The number of aliphatic carboxylic acids is 2. The van der Waals surface area contributed by atoms with Crippen LogP contribution in [-0.2, 0) is 118 Å². The number of amides is 5. The molecule has 634 valence electrons. The highest BCUT2D eigenvalue weighted by Crippen LogP contribution is 2.31. The Bertz CT molecular complexity index is 3690. The number of carboxylic acid groups (broad SMARTS) is 2. The van der Waals surface area contributed by atoms with Gasteiger partial charge in [0.2, 0.25) is 42.1 Å². The number of ether oxygens (including phenoxy) is 6. The number of imide groups is 1. The van der Waals surface area contributed by atoms with E-state index in [-0.39, 0.29) is 105 Å². The summed E-state index contributed by atoms with van der Waals surface area (Å²) in [5, 5.41) is 87.8. The van der Waals surface area contributed by atoms with Crippen molar-refractivity contribution in [1.82, 2.24) is 20.9 Å². The number of ketones is 2. The molecule has 2 aromatic rings. The summed E-state index contributed by atoms with van der Waals surface area (Å²) in [6.07, 6.45) is -11.9. The van der Waals surface area contributed by atoms with Crippen LogP contribution in [0.2, 0.25) is 0 Å². The molecule has 3 heterocycles. The van der Waals surface area contributed by atoms with Gasteiger partial charge in [-0.05, 0) is 159 Å². The van der Waals surface area contributed by atoms with E-state index < -0.39 is 158 Å². The Balaban J connectivity index is 0.000000568. The summed E-state index contributed by atoms with van der Waals surface area (Å²) in [5.74, 6) is -11.3. The average Bonchev–Trinajstić information content (AvgIpc) is 1.05. The first kappa shape index (κ1) is 98.5. The van der Waals surface area contributed by atoms with Crippen molar-refractivity contribution >= 4 is 85.2 Å². The number of hydrogen-bond donors (Lipinski definition) is 13. The highest BCUT2D eigenvalue weighted by Gasteiger charge is 2.50. The number of carbonyl (C=O) groups excluding carboxylic acids is 9. The van der Waals surface area contributed by atoms with Crippen molar-refractivity contribution in [2.75, 3.05) is 37.7 Å². The Morgan fingerprint density at radius 2 is 0.911 bits per heavy atom. The molecule has 5 rings (SSSR count). The van der Waals surface area contributed by atoms with Gasteiger partial charge in [-0.25, -0.2) is 9.59 Å². The third kappa shape index (κ3) is 34.6. The van der Waals surface area contributed by atoms with Crippen molar-refractivity contribution in [1.29, 1.82) is 0 Å². The van der Waals surface area contributed by atoms with Crippen molar-refractivity contribution < 1.29 is 148 Å². The molecule has 3 saturated heterocycles. The van der Waals surface area contributed by atoms with E-state index in [1.54, 1.807) is 72.7 Å². The van der Waals surface area contributed by atoms with Crippen molar-refractivity contribution in [2.45, 2.75) is 266 Å². The van der Waals surface area contributed by atoms with Crippen LogP contribution in [0, 0.1) is 28.6 Å². The maximum Gasteiger partial charge on any atom is 0.335 e. The molecule has 1 unspecified atom stereocenters. The van der Waals surface area contributed by atoms with Gasteiger partial charge >= 0.3 is 23.9 Å². The molecule has 0 aliphatic carbocycles. The van der Waals surface area contributed by atoms with Gasteiger partial charge < -0.3 is 85.2 Å². The molecule has 0 spiro atoms. The molecule has 37 heteroatoms. The number of rotatable bonds is 44. The normalized spacial score (nSPS) is 21.8. The number of nitrogens with zero attached hydrogens (tertiary/aromatic N) is 1. The number of aliphatic hydroxyl groups is 6. The largest absolute Gasteiger partial charge is 0.479 e. The molecule has 3 aliphatic heterocycles. The average molecular weight is 1630 g/mol. The Hall–Kier alpha value is -7.69. The molecule has 13 atom stereocenters. The van der Waals surface area contributed by atoms with E-state index in [1.165, 1.54) is 17.0 Å². The number of likely N-dealkylation sites (tertiary alicyclic amines) is 1. The SMILES string of the molecule is CC.CC1CC(=O)N(CCCCCC(=O)C[C@@H](CS(=O)(=O)O)C(=O)NCCCCc2cc(O[C@@H]3O[C@H](C(=O)O)[C@@H](O)[C@H](O)[C@H]3O)ccc2COC(=O)C(C)(C)C)C1=O.CCCC(=O)NCCCCCC(=O)C[C@@H](CS(=O)(=O)O)C(=O)NCCCCc1cc(O[C@@H]2O[C@H](C(=O)O)[C@@H](O)[C@H](O)[C@H]2O)ccc1COC(=O)C(C)(C)C. The highest BCUT2D eigenvalue weighted by molar-refractivity contribution is 7.86. The molecule has 35 nitrogen and oxygen atoms in total. The van der Waals surface area contributed by atoms with E-state index in [9.17, 15) is 120 Å². The smallest absolute Gasteiger partial charge is 0.335 e. The predicted molar refractivity (Wildman–Crippen MR) is 399 cm³/mol. The van der Waals surface area contributed by atoms with Gasteiger partial charge in [0, 0.05) is 70.6 Å². The molecule has 0 radical (unpaired) electrons. The Kier molecular flexibility index (Phi) is 41.5. The second-order valence-electron chi connectivity index (χ2n) is 29.8. The summed E-state index contributed by atoms with van der Waals surface area (Å²) < 4.78 is 98.3. The lowest BCUT2D eigenvalue weighted by molar-refractivity contribution is -0.271. The zero-order valence-corrected chi connectivity index (χ0v) is 67.0. The minimum Gasteiger partial charge on any atom is -0.479 e. The number of nitrogens with one attached hydrogen (secondary N) is 3. The summed E-state index contributed by atoms with van der Waals surface area (Å²) in [6, 6.07) is 9.21. The monoisotopic (exact) mass is 1630 g/mol. The van der Waals surface area contributed by atoms with Crippen LogP contribution in [0.3, 0.4) is 0 Å². The van der Waals surface area contributed by atoms with Gasteiger partial charge in [-0.3, -0.25) is 57.2 Å². The molecule has 0 bridgehead atoms. The summed E-state index contributed by atoms with van der Waals surface area (Å²) in [7, 11) is -9.18. The van der Waals surface area contributed by atoms with Gasteiger partial charge in [0.1, 0.15) is 72.9 Å². The molecular weight excluding hydrogens is 1520 g/mol. The number of Topliss-reactive ketones (excluding diaryl/α,β-unsaturated/α-hetero) is 2. The number of carbonyl (C=O) groups is 11. The molecule has 112 heavy (non-hydrogen) atoms. The predicted octanol–water partition coefficient (Wildman–Crippen LogP) is 3.36. The third-order valence-corrected chi connectivity index (χ3v) is 19.7. The van der Waals surface area contributed by atoms with E-state index >= 15 is 0 Å². The van der Waals surface area contributed by atoms with E-state index in [0.29, 0.717) is 112 Å². The van der Waals surface area contributed by atoms with E-state index in [0.717, 1.165) is 6.42 Å². The maximum atomic E-state index is 13.0. The highest BCUT2D eigenvalue weighted by atomic mass is 32.2. The first-order chi connectivity index (χ1) is 52.3. The maximum absolute atomic E-state index is 13.0. The van der Waals surface area contributed by atoms with E-state index in [1.807, 2.05) is 20.8 Å². The molecule has 2 aromatic carbocycles. The first-order valence-corrected chi connectivity index (χ1v) is 40.9. The van der Waals surface area contributed by atoms with Crippen LogP contribution in [0.4, 0.5) is 0 Å². The van der Waals surface area contributed by atoms with Crippen molar-refractivity contribution in [2.24, 2.45) is 28.6 Å². The fourth-order valence-electron chi connectivity index (χ4n) is 11.7. The molecule has 0 aromatic heterocycles. The van der Waals surface area contributed by atoms with Crippen LogP contribution in [0.25, 0.3) is 0 Å². The second-order valence-corrected chi connectivity index (χ2v) is 32.8. The van der Waals surface area contributed by atoms with Gasteiger partial charge in [0.15, 0.2) is 12.2 Å². The van der Waals surface area contributed by atoms with Crippen LogP contribution >= 0.6 is 0 Å². The van der Waals surface area contributed by atoms with Gasteiger partial charge in [-0.2, -0.15) is 16.8 Å². The quantitative estimate of drug-likeness (QED) is 0.0196. The summed E-state index contributed by atoms with van der Waals surface area (Å²) >= 11 is 0. The molecule has 3 fully saturated rings. The fraction of sp³-hybridized carbons (Fsp3) is 0.693. The van der Waals surface area contributed by atoms with E-state index in [4.69, 9.17) is 28.4 Å². The van der Waals surface area contributed by atoms with Crippen molar-refractivity contribution in [3.8, 4) is 11.5 Å². The third-order valence-electron chi connectivity index (χ3n) is 18.0. The van der Waals surface area contributed by atoms with Crippen LogP contribution in [0.15, 0.2) is 36.4 Å². The number of esters is 2. The minimum atomic E-state index is -4.61. The number of aliphatic hydroxyl groups excluding tert-OH is 6. The number of benzene rings is 2. The molecule has 3 aliphatic rings. The van der Waals surface area contributed by atoms with Crippen LogP contribution < -0.4 is 25.4 Å². The fourth-order valence-corrected chi connectivity index (χ4v) is 13.3. The minimum absolute atomic E-state index is 0.0364. The standard InChI is InChI=1S/C37H54N2O16S.C36H56N2O15S.C2H6/c1-21-16-27(41)39(33(21)46)15-9-5-6-11-25(40)17-24(20-56(50,51)52)32(45)38-14-8-7-10-22-18-26(13-12-23(22)19-53-36(49)37(2,3)4)54-35-30(44)28(42)29(43)31(55-35)34(47)48;1-5-11-27(40)37-16-9-6-7-13-25(39)18-24(21-54(48,49)50)32(44)38-17-10-8-12-22-19-26(15-14-23(22)20-51-35(47)36(2,3)4)52-34-30(43)28(41)29(42)31(53-34)33(45)46;1-2/h12-13,18,21,24,28-31,35,42-44H,5-11,14-17,19-20H2,1-4H3,(H,38,45)(H,47,48)(H,50,51,52);14-15,19,24,28-31,34,41-43H,5-13,16-18,20-21H2,1-4H3,(H,37,40)(H,38,44)(H,45,46)(H,48,49,50);1-2H3/t21?,24-,28-,29-,30+,31-,35+;24-,28-,29-,30+,31-,34+;/m00./s1. The Morgan fingerprint density at radius 1 is 0.527 bits per heavy atom. The molecule has 13 N–H and O–H groups in total. The lowest BCUT2D eigenvalue weighted by Crippen LogP contribution is -2.61. The van der Waals surface area contributed by atoms with Gasteiger partial charge in [-0.15, -0.1) is 0 Å². The van der Waals surface area contributed by atoms with Crippen molar-refractivity contribution in [3.63, 3.8) is 0 Å². The van der Waals surface area contributed by atoms with Gasteiger partial charge in [0.05, 0.1) is 34.2 Å². The number of unbranched alkanes of at least 4 members (excludes halogenated alkanes) is 6. The molecular formula is C75H116N4O31S2. The first-order valence-electron chi connectivity index (χ1n) is 37.7. The number of aryl methyl sites for hydroxylation is 2. The second kappa shape index (κ2) is 47.2. The Morgan fingerprint density at radius 3 is 1.27 bits per heavy atom. The van der Waals surface area contributed by atoms with Crippen molar-refractivity contribution in [3.05, 3.63) is 58.7 Å². The van der Waals surface area contributed by atoms with Gasteiger partial charge in [-0.1, -0.05) is 52.7 Å². The van der Waals surface area contributed by atoms with Crippen LogP contribution in [0.5, 0.6) is 11.5 Å². The van der Waals surface area contributed by atoms with E-state index in [2.05, 4.69) is 16.0 Å². The van der Waals surface area contributed by atoms with Crippen LogP contribution in [0.1, 0.15) is 201 Å². The lowest BCUT2D eigenvalue weighted by Gasteiger charge is -2.38.